The van der Waals surface area contributed by atoms with Crippen LogP contribution in [-0.4, -0.2) is 24.8 Å². The van der Waals surface area contributed by atoms with Gasteiger partial charge in [0.1, 0.15) is 11.5 Å². The quantitative estimate of drug-likeness (QED) is 0.755. The van der Waals surface area contributed by atoms with E-state index in [2.05, 4.69) is 5.32 Å². The van der Waals surface area contributed by atoms with Crippen molar-refractivity contribution in [2.45, 2.75) is 39.2 Å². The fourth-order valence-corrected chi connectivity index (χ4v) is 2.52. The monoisotopic (exact) mass is 329 g/mol. The van der Waals surface area contributed by atoms with Crippen LogP contribution >= 0.6 is 0 Å². The Kier molecular flexibility index (Phi) is 6.18. The van der Waals surface area contributed by atoms with E-state index in [9.17, 15) is 9.59 Å². The molecule has 1 N–H and O–H groups in total. The topological polar surface area (TPSA) is 68.5 Å². The molecule has 24 heavy (non-hydrogen) atoms. The first-order valence-electron chi connectivity index (χ1n) is 7.99. The first-order valence-corrected chi connectivity index (χ1v) is 7.99. The van der Waals surface area contributed by atoms with Crippen LogP contribution in [0.25, 0.3) is 0 Å². The maximum absolute atomic E-state index is 12.3. The van der Waals surface area contributed by atoms with E-state index in [-0.39, 0.29) is 24.2 Å². The van der Waals surface area contributed by atoms with E-state index < -0.39 is 0 Å². The van der Waals surface area contributed by atoms with Crippen LogP contribution in [0.4, 0.5) is 0 Å². The summed E-state index contributed by atoms with van der Waals surface area (Å²) in [5, 5.41) is 2.97. The lowest BCUT2D eigenvalue weighted by molar-refractivity contribution is -0.121. The van der Waals surface area contributed by atoms with Gasteiger partial charge in [-0.3, -0.25) is 9.59 Å². The lowest BCUT2D eigenvalue weighted by Gasteiger charge is -2.15. The van der Waals surface area contributed by atoms with Crippen molar-refractivity contribution in [3.05, 3.63) is 53.5 Å². The lowest BCUT2D eigenvalue weighted by atomic mass is 10.0. The Labute approximate surface area is 142 Å². The fourth-order valence-electron chi connectivity index (χ4n) is 2.52. The molecule has 1 aromatic heterocycles. The van der Waals surface area contributed by atoms with Crippen LogP contribution in [0.3, 0.4) is 0 Å². The molecule has 5 nitrogen and oxygen atoms in total. The van der Waals surface area contributed by atoms with Gasteiger partial charge < -0.3 is 14.5 Å². The molecule has 1 atom stereocenters. The predicted molar refractivity (Wildman–Crippen MR) is 91.3 cm³/mol. The van der Waals surface area contributed by atoms with Crippen LogP contribution in [0.15, 0.2) is 41.0 Å². The molecule has 0 fully saturated rings. The summed E-state index contributed by atoms with van der Waals surface area (Å²) in [7, 11) is 1.55. The standard InChI is InChI=1S/C19H23NO4/c1-13(6-8-17-5-4-10-24-17)20-19(22)12-16-11-15(14(2)21)7-9-18(16)23-3/h4-5,7,9-11,13H,6,8,12H2,1-3H3,(H,20,22). The van der Waals surface area contributed by atoms with Gasteiger partial charge in [0.25, 0.3) is 0 Å². The van der Waals surface area contributed by atoms with Crippen LogP contribution < -0.4 is 10.1 Å². The number of nitrogens with one attached hydrogen (secondary N) is 1. The number of furan rings is 1. The summed E-state index contributed by atoms with van der Waals surface area (Å²) in [6.07, 6.45) is 3.39. The Morgan fingerprint density at radius 3 is 2.71 bits per heavy atom. The summed E-state index contributed by atoms with van der Waals surface area (Å²) in [4.78, 5) is 23.8. The third kappa shape index (κ3) is 4.98. The number of carbonyl (C=O) groups excluding carboxylic acids is 2. The zero-order valence-corrected chi connectivity index (χ0v) is 14.3. The first kappa shape index (κ1) is 17.8. The summed E-state index contributed by atoms with van der Waals surface area (Å²) >= 11 is 0. The average molecular weight is 329 g/mol. The molecule has 1 heterocycles. The third-order valence-electron chi connectivity index (χ3n) is 3.85. The van der Waals surface area contributed by atoms with Crippen molar-refractivity contribution in [3.8, 4) is 5.75 Å². The summed E-state index contributed by atoms with van der Waals surface area (Å²) in [6.45, 7) is 3.46. The number of amides is 1. The van der Waals surface area contributed by atoms with E-state index in [0.717, 1.165) is 18.6 Å². The zero-order chi connectivity index (χ0) is 17.5. The first-order chi connectivity index (χ1) is 11.5. The van der Waals surface area contributed by atoms with Crippen LogP contribution in [0.5, 0.6) is 5.75 Å². The van der Waals surface area contributed by atoms with Gasteiger partial charge in [-0.2, -0.15) is 0 Å². The third-order valence-corrected chi connectivity index (χ3v) is 3.85. The summed E-state index contributed by atoms with van der Waals surface area (Å²) < 4.78 is 10.6. The maximum atomic E-state index is 12.3. The molecule has 0 saturated carbocycles. The van der Waals surface area contributed by atoms with Crippen LogP contribution in [0.2, 0.25) is 0 Å². The predicted octanol–water partition coefficient (Wildman–Crippen LogP) is 3.17. The summed E-state index contributed by atoms with van der Waals surface area (Å²) in [5.41, 5.74) is 1.28. The minimum absolute atomic E-state index is 0.0320. The van der Waals surface area contributed by atoms with Crippen molar-refractivity contribution in [2.24, 2.45) is 0 Å². The Balaban J connectivity index is 1.93. The van der Waals surface area contributed by atoms with Crippen molar-refractivity contribution < 1.29 is 18.7 Å². The van der Waals surface area contributed by atoms with Gasteiger partial charge in [-0.1, -0.05) is 0 Å². The van der Waals surface area contributed by atoms with Crippen LogP contribution in [-0.2, 0) is 17.6 Å². The molecule has 0 bridgehead atoms. The molecule has 0 aliphatic carbocycles. The van der Waals surface area contributed by atoms with Gasteiger partial charge in [0.15, 0.2) is 5.78 Å². The molecule has 0 spiro atoms. The number of ketones is 1. The van der Waals surface area contributed by atoms with Gasteiger partial charge in [0.2, 0.25) is 5.91 Å². The minimum atomic E-state index is -0.0963. The van der Waals surface area contributed by atoms with Crippen molar-refractivity contribution in [1.82, 2.24) is 5.32 Å². The Morgan fingerprint density at radius 2 is 2.08 bits per heavy atom. The van der Waals surface area contributed by atoms with Crippen molar-refractivity contribution >= 4 is 11.7 Å². The average Bonchev–Trinajstić information content (AvgIpc) is 3.06. The molecule has 0 aliphatic heterocycles. The molecule has 0 aliphatic rings. The number of Topliss-reactive ketones (excluding diaryl/α,β-unsaturated/α-hetero) is 1. The van der Waals surface area contributed by atoms with Crippen molar-refractivity contribution in [2.75, 3.05) is 7.11 Å². The van der Waals surface area contributed by atoms with Gasteiger partial charge >= 0.3 is 0 Å². The molecule has 0 saturated heterocycles. The zero-order valence-electron chi connectivity index (χ0n) is 14.3. The maximum Gasteiger partial charge on any atom is 0.224 e. The normalized spacial score (nSPS) is 11.8. The molecule has 2 rings (SSSR count). The molecule has 0 radical (unpaired) electrons. The van der Waals surface area contributed by atoms with Crippen molar-refractivity contribution in [3.63, 3.8) is 0 Å². The number of ether oxygens (including phenoxy) is 1. The SMILES string of the molecule is COc1ccc(C(C)=O)cc1CC(=O)NC(C)CCc1ccco1. The van der Waals surface area contributed by atoms with E-state index in [0.29, 0.717) is 16.9 Å². The highest BCUT2D eigenvalue weighted by molar-refractivity contribution is 5.94. The number of hydrogen-bond donors (Lipinski definition) is 1. The van der Waals surface area contributed by atoms with Crippen molar-refractivity contribution in [1.29, 1.82) is 0 Å². The summed E-state index contributed by atoms with van der Waals surface area (Å²) in [6, 6.07) is 8.95. The van der Waals surface area contributed by atoms with Gasteiger partial charge in [-0.15, -0.1) is 0 Å². The van der Waals surface area contributed by atoms with Gasteiger partial charge in [0, 0.05) is 23.6 Å². The molecule has 2 aromatic rings. The van der Waals surface area contributed by atoms with Crippen LogP contribution in [0.1, 0.15) is 41.9 Å². The molecular formula is C19H23NO4. The number of rotatable bonds is 8. The highest BCUT2D eigenvalue weighted by atomic mass is 16.5. The number of carbonyl (C=O) groups is 2. The highest BCUT2D eigenvalue weighted by Crippen LogP contribution is 2.21. The molecule has 5 heteroatoms. The van der Waals surface area contributed by atoms with Gasteiger partial charge in [-0.05, 0) is 50.6 Å². The minimum Gasteiger partial charge on any atom is -0.496 e. The van der Waals surface area contributed by atoms with E-state index in [1.54, 1.807) is 31.6 Å². The lowest BCUT2D eigenvalue weighted by Crippen LogP contribution is -2.34. The fraction of sp³-hybridized carbons (Fsp3) is 0.368. The van der Waals surface area contributed by atoms with Gasteiger partial charge in [-0.25, -0.2) is 0 Å². The van der Waals surface area contributed by atoms with Crippen LogP contribution in [0, 0.1) is 0 Å². The van der Waals surface area contributed by atoms with E-state index >= 15 is 0 Å². The Bertz CT molecular complexity index is 691. The second-order valence-electron chi connectivity index (χ2n) is 5.85. The van der Waals surface area contributed by atoms with Gasteiger partial charge in [0.05, 0.1) is 19.8 Å². The second-order valence-corrected chi connectivity index (χ2v) is 5.85. The largest absolute Gasteiger partial charge is 0.496 e. The molecular weight excluding hydrogens is 306 g/mol. The molecule has 1 aromatic carbocycles. The van der Waals surface area contributed by atoms with E-state index in [1.165, 1.54) is 6.92 Å². The smallest absolute Gasteiger partial charge is 0.224 e. The van der Waals surface area contributed by atoms with E-state index in [4.69, 9.17) is 9.15 Å². The Morgan fingerprint density at radius 1 is 1.29 bits per heavy atom. The highest BCUT2D eigenvalue weighted by Gasteiger charge is 2.13. The Hall–Kier alpha value is -2.56. The summed E-state index contributed by atoms with van der Waals surface area (Å²) in [5.74, 6) is 1.39. The molecule has 1 amide bonds. The molecule has 1 unspecified atom stereocenters. The number of methoxy groups -OCH3 is 1. The number of benzene rings is 1. The van der Waals surface area contributed by atoms with E-state index in [1.807, 2.05) is 19.1 Å². The number of hydrogen-bond acceptors (Lipinski definition) is 4. The molecule has 128 valence electrons. The second kappa shape index (κ2) is 8.34. The number of aryl methyl sites for hydroxylation is 1.